The van der Waals surface area contributed by atoms with E-state index in [1.165, 1.54) is 18.2 Å². The van der Waals surface area contributed by atoms with Crippen LogP contribution in [0.25, 0.3) is 0 Å². The molecule has 1 heterocycles. The van der Waals surface area contributed by atoms with Crippen molar-refractivity contribution in [2.45, 2.75) is 13.3 Å². The first-order chi connectivity index (χ1) is 8.63. The van der Waals surface area contributed by atoms with Crippen LogP contribution in [0.15, 0.2) is 18.2 Å². The summed E-state index contributed by atoms with van der Waals surface area (Å²) in [4.78, 5) is 12.3. The second-order valence-electron chi connectivity index (χ2n) is 3.56. The number of nitrogens with two attached hydrogens (primary N) is 1. The molecule has 0 radical (unpaired) electrons. The first-order valence-corrected chi connectivity index (χ1v) is 6.07. The van der Waals surface area contributed by atoms with E-state index >= 15 is 0 Å². The maximum absolute atomic E-state index is 13.5. The van der Waals surface area contributed by atoms with Crippen molar-refractivity contribution < 1.29 is 9.18 Å². The zero-order chi connectivity index (χ0) is 13.1. The van der Waals surface area contributed by atoms with Gasteiger partial charge in [0.15, 0.2) is 0 Å². The summed E-state index contributed by atoms with van der Waals surface area (Å²) < 4.78 is 17.2. The molecule has 3 N–H and O–H groups in total. The van der Waals surface area contributed by atoms with Gasteiger partial charge in [-0.1, -0.05) is 17.5 Å². The monoisotopic (exact) mass is 266 g/mol. The van der Waals surface area contributed by atoms with Gasteiger partial charge in [-0.05, 0) is 30.1 Å². The highest BCUT2D eigenvalue weighted by Crippen LogP contribution is 2.23. The zero-order valence-corrected chi connectivity index (χ0v) is 10.4. The van der Waals surface area contributed by atoms with Crippen LogP contribution in [0.2, 0.25) is 0 Å². The summed E-state index contributed by atoms with van der Waals surface area (Å²) in [5.74, 6) is -1.02. The number of nitrogen functional groups attached to an aromatic ring is 1. The molecule has 0 aliphatic heterocycles. The van der Waals surface area contributed by atoms with Crippen LogP contribution in [-0.4, -0.2) is 15.5 Å². The molecule has 0 unspecified atom stereocenters. The van der Waals surface area contributed by atoms with Crippen molar-refractivity contribution in [1.82, 2.24) is 9.59 Å². The summed E-state index contributed by atoms with van der Waals surface area (Å²) >= 11 is 0.977. The number of para-hydroxylation sites is 1. The average Bonchev–Trinajstić information content (AvgIpc) is 2.82. The Labute approximate surface area is 107 Å². The Hall–Kier alpha value is -2.02. The van der Waals surface area contributed by atoms with E-state index in [4.69, 9.17) is 5.73 Å². The van der Waals surface area contributed by atoms with Crippen LogP contribution in [0.3, 0.4) is 0 Å². The molecule has 0 saturated carbocycles. The summed E-state index contributed by atoms with van der Waals surface area (Å²) in [5.41, 5.74) is 6.36. The van der Waals surface area contributed by atoms with Crippen LogP contribution in [-0.2, 0) is 6.42 Å². The highest BCUT2D eigenvalue weighted by atomic mass is 32.1. The van der Waals surface area contributed by atoms with Crippen molar-refractivity contribution >= 4 is 28.8 Å². The largest absolute Gasteiger partial charge is 0.397 e. The van der Waals surface area contributed by atoms with Crippen LogP contribution in [0.5, 0.6) is 0 Å². The molecule has 0 aliphatic rings. The molecule has 0 atom stereocenters. The lowest BCUT2D eigenvalue weighted by Crippen LogP contribution is -2.14. The quantitative estimate of drug-likeness (QED) is 0.833. The minimum absolute atomic E-state index is 0.0158. The van der Waals surface area contributed by atoms with E-state index in [9.17, 15) is 9.18 Å². The number of benzene rings is 1. The van der Waals surface area contributed by atoms with E-state index in [0.717, 1.165) is 11.5 Å². The molecule has 0 saturated heterocycles. The SMILES string of the molecule is CCc1nnsc1C(=O)Nc1c(N)cccc1F. The topological polar surface area (TPSA) is 80.9 Å². The molecule has 18 heavy (non-hydrogen) atoms. The van der Waals surface area contributed by atoms with Gasteiger partial charge in [-0.15, -0.1) is 5.10 Å². The van der Waals surface area contributed by atoms with Crippen molar-refractivity contribution in [2.24, 2.45) is 0 Å². The maximum Gasteiger partial charge on any atom is 0.269 e. The number of aryl methyl sites for hydroxylation is 1. The predicted octanol–water partition coefficient (Wildman–Crippen LogP) is 2.07. The predicted molar refractivity (Wildman–Crippen MR) is 68.1 cm³/mol. The molecule has 0 bridgehead atoms. The van der Waals surface area contributed by atoms with Gasteiger partial charge in [0.2, 0.25) is 0 Å². The number of carbonyl (C=O) groups is 1. The number of hydrogen-bond donors (Lipinski definition) is 2. The maximum atomic E-state index is 13.5. The number of halogens is 1. The molecule has 0 fully saturated rings. The molecule has 1 aromatic heterocycles. The summed E-state index contributed by atoms with van der Waals surface area (Å²) in [6.07, 6.45) is 0.589. The van der Waals surface area contributed by atoms with E-state index in [1.54, 1.807) is 0 Å². The number of nitrogens with zero attached hydrogens (tertiary/aromatic N) is 2. The first-order valence-electron chi connectivity index (χ1n) is 5.30. The molecule has 5 nitrogen and oxygen atoms in total. The van der Waals surface area contributed by atoms with Gasteiger partial charge in [0, 0.05) is 0 Å². The lowest BCUT2D eigenvalue weighted by molar-refractivity contribution is 0.102. The fourth-order valence-electron chi connectivity index (χ4n) is 1.46. The van der Waals surface area contributed by atoms with E-state index < -0.39 is 11.7 Å². The van der Waals surface area contributed by atoms with Gasteiger partial charge >= 0.3 is 0 Å². The number of amides is 1. The third-order valence-electron chi connectivity index (χ3n) is 2.38. The molecular weight excluding hydrogens is 255 g/mol. The summed E-state index contributed by atoms with van der Waals surface area (Å²) in [6.45, 7) is 1.87. The van der Waals surface area contributed by atoms with Gasteiger partial charge in [0.25, 0.3) is 5.91 Å². The third kappa shape index (κ3) is 2.30. The fourth-order valence-corrected chi connectivity index (χ4v) is 2.10. The lowest BCUT2D eigenvalue weighted by Gasteiger charge is -2.08. The van der Waals surface area contributed by atoms with Crippen molar-refractivity contribution in [3.8, 4) is 0 Å². The Morgan fingerprint density at radius 1 is 1.56 bits per heavy atom. The third-order valence-corrected chi connectivity index (χ3v) is 3.15. The number of aromatic nitrogens is 2. The molecule has 1 amide bonds. The summed E-state index contributed by atoms with van der Waals surface area (Å²) in [6, 6.07) is 4.23. The highest BCUT2D eigenvalue weighted by molar-refractivity contribution is 7.08. The smallest absolute Gasteiger partial charge is 0.269 e. The van der Waals surface area contributed by atoms with E-state index in [0.29, 0.717) is 17.0 Å². The molecule has 0 spiro atoms. The standard InChI is InChI=1S/C11H11FN4OS/c1-2-8-10(18-16-15-8)11(17)14-9-6(12)4-3-5-7(9)13/h3-5H,2,13H2,1H3,(H,14,17). The number of hydrogen-bond acceptors (Lipinski definition) is 5. The Balaban J connectivity index is 2.27. The second kappa shape index (κ2) is 5.09. The molecular formula is C11H11FN4OS. The second-order valence-corrected chi connectivity index (χ2v) is 4.31. The van der Waals surface area contributed by atoms with Gasteiger partial charge in [-0.25, -0.2) is 4.39 Å². The number of nitrogens with one attached hydrogen (secondary N) is 1. The van der Waals surface area contributed by atoms with Crippen LogP contribution in [0.1, 0.15) is 22.3 Å². The Kier molecular flexibility index (Phi) is 3.52. The average molecular weight is 266 g/mol. The number of anilines is 2. The van der Waals surface area contributed by atoms with Crippen LogP contribution in [0.4, 0.5) is 15.8 Å². The van der Waals surface area contributed by atoms with E-state index in [1.807, 2.05) is 6.92 Å². The summed E-state index contributed by atoms with van der Waals surface area (Å²) in [7, 11) is 0. The van der Waals surface area contributed by atoms with Crippen molar-refractivity contribution in [3.05, 3.63) is 34.6 Å². The normalized spacial score (nSPS) is 10.3. The molecule has 1 aromatic carbocycles. The van der Waals surface area contributed by atoms with Crippen LogP contribution >= 0.6 is 11.5 Å². The Bertz CT molecular complexity index is 564. The van der Waals surface area contributed by atoms with Gasteiger partial charge in [0.1, 0.15) is 16.4 Å². The first kappa shape index (κ1) is 12.4. The van der Waals surface area contributed by atoms with Crippen LogP contribution < -0.4 is 11.1 Å². The van der Waals surface area contributed by atoms with Crippen LogP contribution in [0, 0.1) is 5.82 Å². The van der Waals surface area contributed by atoms with Gasteiger partial charge in [-0.2, -0.15) is 0 Å². The Morgan fingerprint density at radius 2 is 2.33 bits per heavy atom. The van der Waals surface area contributed by atoms with Gasteiger partial charge in [0.05, 0.1) is 11.4 Å². The highest BCUT2D eigenvalue weighted by Gasteiger charge is 2.17. The van der Waals surface area contributed by atoms with Crippen molar-refractivity contribution in [2.75, 3.05) is 11.1 Å². The molecule has 0 aliphatic carbocycles. The number of carbonyl (C=O) groups excluding carboxylic acids is 1. The lowest BCUT2D eigenvalue weighted by atomic mass is 10.2. The Morgan fingerprint density at radius 3 is 3.00 bits per heavy atom. The van der Waals surface area contributed by atoms with Crippen molar-refractivity contribution in [3.63, 3.8) is 0 Å². The molecule has 2 rings (SSSR count). The molecule has 94 valence electrons. The zero-order valence-electron chi connectivity index (χ0n) is 9.61. The fraction of sp³-hybridized carbons (Fsp3) is 0.182. The van der Waals surface area contributed by atoms with Crippen molar-refractivity contribution in [1.29, 1.82) is 0 Å². The number of rotatable bonds is 3. The van der Waals surface area contributed by atoms with Gasteiger partial charge in [-0.3, -0.25) is 4.79 Å². The minimum Gasteiger partial charge on any atom is -0.397 e. The minimum atomic E-state index is -0.570. The summed E-state index contributed by atoms with van der Waals surface area (Å²) in [5, 5.41) is 6.27. The van der Waals surface area contributed by atoms with Gasteiger partial charge < -0.3 is 11.1 Å². The molecule has 2 aromatic rings. The molecule has 7 heteroatoms. The van der Waals surface area contributed by atoms with E-state index in [2.05, 4.69) is 14.9 Å². The van der Waals surface area contributed by atoms with E-state index in [-0.39, 0.29) is 11.4 Å².